The number of carboxylic acid groups (broad SMARTS) is 1. The molecule has 1 saturated heterocycles. The Morgan fingerprint density at radius 2 is 1.96 bits per heavy atom. The van der Waals surface area contributed by atoms with Gasteiger partial charge in [0.2, 0.25) is 10.0 Å². The van der Waals surface area contributed by atoms with Crippen molar-refractivity contribution < 1.29 is 27.5 Å². The molecule has 1 atom stereocenters. The number of carbonyl (C=O) groups is 2. The number of hydrogen-bond donors (Lipinski definition) is 2. The van der Waals surface area contributed by atoms with Gasteiger partial charge in [0, 0.05) is 19.2 Å². The predicted octanol–water partition coefficient (Wildman–Crippen LogP) is 1.75. The zero-order valence-corrected chi connectivity index (χ0v) is 15.5. The zero-order chi connectivity index (χ0) is 18.8. The van der Waals surface area contributed by atoms with Crippen LogP contribution in [0.4, 0.5) is 0 Å². The topological polar surface area (TPSA) is 117 Å². The van der Waals surface area contributed by atoms with Gasteiger partial charge in [-0.3, -0.25) is 4.79 Å². The summed E-state index contributed by atoms with van der Waals surface area (Å²) in [7, 11) is -3.71. The molecule has 0 bridgehead atoms. The van der Waals surface area contributed by atoms with E-state index in [1.165, 1.54) is 24.2 Å². The fourth-order valence-electron chi connectivity index (χ4n) is 2.94. The first-order valence-electron chi connectivity index (χ1n) is 8.28. The summed E-state index contributed by atoms with van der Waals surface area (Å²) >= 11 is 0. The van der Waals surface area contributed by atoms with Crippen molar-refractivity contribution in [2.45, 2.75) is 56.9 Å². The number of carboxylic acids is 1. The number of nitrogens with zero attached hydrogens (tertiary/aromatic N) is 1. The van der Waals surface area contributed by atoms with Gasteiger partial charge in [0.1, 0.15) is 16.2 Å². The Balaban J connectivity index is 2.27. The number of sulfonamides is 1. The first kappa shape index (κ1) is 19.5. The highest BCUT2D eigenvalue weighted by atomic mass is 32.2. The SMILES string of the molecule is CCCC(C)(NC(=O)c1cc(S(=O)(=O)N2CCCC2)c(C)o1)C(=O)O. The van der Waals surface area contributed by atoms with E-state index in [2.05, 4.69) is 5.32 Å². The number of furan rings is 1. The van der Waals surface area contributed by atoms with Gasteiger partial charge in [-0.15, -0.1) is 0 Å². The van der Waals surface area contributed by atoms with Gasteiger partial charge in [-0.1, -0.05) is 13.3 Å². The maximum Gasteiger partial charge on any atom is 0.329 e. The highest BCUT2D eigenvalue weighted by molar-refractivity contribution is 7.89. The molecule has 25 heavy (non-hydrogen) atoms. The summed E-state index contributed by atoms with van der Waals surface area (Å²) in [6.07, 6.45) is 2.41. The van der Waals surface area contributed by atoms with E-state index >= 15 is 0 Å². The molecule has 1 fully saturated rings. The molecule has 1 aliphatic rings. The maximum absolute atomic E-state index is 12.6. The second-order valence-corrected chi connectivity index (χ2v) is 8.39. The normalized spacial score (nSPS) is 18.0. The number of aryl methyl sites for hydroxylation is 1. The minimum atomic E-state index is -3.71. The Hall–Kier alpha value is -1.87. The van der Waals surface area contributed by atoms with Crippen LogP contribution in [-0.4, -0.2) is 48.3 Å². The van der Waals surface area contributed by atoms with Gasteiger partial charge in [0.25, 0.3) is 5.91 Å². The number of aliphatic carboxylic acids is 1. The minimum Gasteiger partial charge on any atom is -0.480 e. The van der Waals surface area contributed by atoms with Gasteiger partial charge >= 0.3 is 5.97 Å². The summed E-state index contributed by atoms with van der Waals surface area (Å²) in [5, 5.41) is 11.8. The Labute approximate surface area is 147 Å². The fraction of sp³-hybridized carbons (Fsp3) is 0.625. The Morgan fingerprint density at radius 3 is 2.48 bits per heavy atom. The molecule has 0 saturated carbocycles. The van der Waals surface area contributed by atoms with Crippen molar-refractivity contribution in [2.24, 2.45) is 0 Å². The van der Waals surface area contributed by atoms with Crippen molar-refractivity contribution in [2.75, 3.05) is 13.1 Å². The van der Waals surface area contributed by atoms with Crippen LogP contribution in [-0.2, 0) is 14.8 Å². The second-order valence-electron chi connectivity index (χ2n) is 6.48. The van der Waals surface area contributed by atoms with Crippen LogP contribution < -0.4 is 5.32 Å². The summed E-state index contributed by atoms with van der Waals surface area (Å²) in [5.41, 5.74) is -1.44. The van der Waals surface area contributed by atoms with E-state index in [1.54, 1.807) is 0 Å². The first-order chi connectivity index (χ1) is 11.6. The number of carbonyl (C=O) groups excluding carboxylic acids is 1. The summed E-state index contributed by atoms with van der Waals surface area (Å²) in [6.45, 7) is 5.59. The van der Waals surface area contributed by atoms with Crippen molar-refractivity contribution in [3.63, 3.8) is 0 Å². The van der Waals surface area contributed by atoms with Gasteiger partial charge in [-0.2, -0.15) is 4.31 Å². The van der Waals surface area contributed by atoms with Crippen LogP contribution in [0.25, 0.3) is 0 Å². The molecule has 2 rings (SSSR count). The van der Waals surface area contributed by atoms with Crippen LogP contribution >= 0.6 is 0 Å². The summed E-state index contributed by atoms with van der Waals surface area (Å²) in [6, 6.07) is 1.17. The highest BCUT2D eigenvalue weighted by Gasteiger charge is 2.36. The lowest BCUT2D eigenvalue weighted by atomic mass is 9.96. The number of rotatable bonds is 7. The van der Waals surface area contributed by atoms with Gasteiger partial charge in [-0.25, -0.2) is 13.2 Å². The molecule has 0 aliphatic carbocycles. The van der Waals surface area contributed by atoms with E-state index in [0.717, 1.165) is 12.8 Å². The lowest BCUT2D eigenvalue weighted by Gasteiger charge is -2.25. The van der Waals surface area contributed by atoms with E-state index in [4.69, 9.17) is 4.42 Å². The van der Waals surface area contributed by atoms with Gasteiger partial charge < -0.3 is 14.8 Å². The summed E-state index contributed by atoms with van der Waals surface area (Å²) in [5.74, 6) is -2.00. The third-order valence-electron chi connectivity index (χ3n) is 4.39. The van der Waals surface area contributed by atoms with Crippen LogP contribution in [0.5, 0.6) is 0 Å². The van der Waals surface area contributed by atoms with Crippen molar-refractivity contribution in [1.29, 1.82) is 0 Å². The average Bonchev–Trinajstić information content (AvgIpc) is 3.16. The monoisotopic (exact) mass is 372 g/mol. The average molecular weight is 372 g/mol. The molecule has 1 aromatic rings. The molecule has 1 aromatic heterocycles. The Morgan fingerprint density at radius 1 is 1.36 bits per heavy atom. The Kier molecular flexibility index (Phi) is 5.58. The molecule has 1 unspecified atom stereocenters. The largest absolute Gasteiger partial charge is 0.480 e. The summed E-state index contributed by atoms with van der Waals surface area (Å²) < 4.78 is 31.9. The fourth-order valence-corrected chi connectivity index (χ4v) is 4.61. The lowest BCUT2D eigenvalue weighted by Crippen LogP contribution is -2.52. The van der Waals surface area contributed by atoms with Crippen LogP contribution in [0.3, 0.4) is 0 Å². The molecule has 9 heteroatoms. The number of hydrogen-bond acceptors (Lipinski definition) is 5. The van der Waals surface area contributed by atoms with Crippen LogP contribution in [0, 0.1) is 6.92 Å². The van der Waals surface area contributed by atoms with Crippen molar-refractivity contribution >= 4 is 21.9 Å². The quantitative estimate of drug-likeness (QED) is 0.753. The standard InChI is InChI=1S/C16H24N2O6S/c1-4-7-16(3,15(20)21)17-14(19)12-10-13(11(2)24-12)25(22,23)18-8-5-6-9-18/h10H,4-9H2,1-3H3,(H,17,19)(H,20,21). The van der Waals surface area contributed by atoms with Crippen LogP contribution in [0.2, 0.25) is 0 Å². The van der Waals surface area contributed by atoms with E-state index in [1.807, 2.05) is 6.92 Å². The molecule has 2 N–H and O–H groups in total. The first-order valence-corrected chi connectivity index (χ1v) is 9.72. The lowest BCUT2D eigenvalue weighted by molar-refractivity contribution is -0.144. The predicted molar refractivity (Wildman–Crippen MR) is 89.9 cm³/mol. The van der Waals surface area contributed by atoms with E-state index < -0.39 is 27.4 Å². The summed E-state index contributed by atoms with van der Waals surface area (Å²) in [4.78, 5) is 23.8. The molecule has 0 aromatic carbocycles. The van der Waals surface area contributed by atoms with Crippen molar-refractivity contribution in [3.8, 4) is 0 Å². The van der Waals surface area contributed by atoms with E-state index in [0.29, 0.717) is 19.5 Å². The molecule has 0 spiro atoms. The van der Waals surface area contributed by atoms with E-state index in [-0.39, 0.29) is 22.8 Å². The van der Waals surface area contributed by atoms with Crippen LogP contribution in [0.1, 0.15) is 55.8 Å². The third kappa shape index (κ3) is 3.87. The molecule has 2 heterocycles. The molecule has 1 amide bonds. The molecular formula is C16H24N2O6S. The van der Waals surface area contributed by atoms with Gasteiger partial charge in [0.15, 0.2) is 5.76 Å². The maximum atomic E-state index is 12.6. The molecule has 0 radical (unpaired) electrons. The third-order valence-corrected chi connectivity index (χ3v) is 6.40. The van der Waals surface area contributed by atoms with Crippen molar-refractivity contribution in [3.05, 3.63) is 17.6 Å². The number of nitrogens with one attached hydrogen (secondary N) is 1. The van der Waals surface area contributed by atoms with Gasteiger partial charge in [-0.05, 0) is 33.1 Å². The molecular weight excluding hydrogens is 348 g/mol. The van der Waals surface area contributed by atoms with Crippen LogP contribution in [0.15, 0.2) is 15.4 Å². The minimum absolute atomic E-state index is 0.0490. The number of amides is 1. The molecule has 8 nitrogen and oxygen atoms in total. The second kappa shape index (κ2) is 7.17. The zero-order valence-electron chi connectivity index (χ0n) is 14.7. The molecule has 1 aliphatic heterocycles. The molecule has 140 valence electrons. The van der Waals surface area contributed by atoms with Gasteiger partial charge in [0.05, 0.1) is 0 Å². The Bertz CT molecular complexity index is 764. The van der Waals surface area contributed by atoms with E-state index in [9.17, 15) is 23.1 Å². The smallest absolute Gasteiger partial charge is 0.329 e. The van der Waals surface area contributed by atoms with Crippen molar-refractivity contribution in [1.82, 2.24) is 9.62 Å². The highest BCUT2D eigenvalue weighted by Crippen LogP contribution is 2.26.